The van der Waals surface area contributed by atoms with Gasteiger partial charge in [0.15, 0.2) is 0 Å². The number of nitrogens with zero attached hydrogens (tertiary/aromatic N) is 4. The predicted octanol–water partition coefficient (Wildman–Crippen LogP) is -0.421. The number of hydrogen-bond donors (Lipinski definition) is 1. The molecule has 0 aromatic carbocycles. The molecule has 0 saturated heterocycles. The molecular weight excluding hydrogens is 331 g/mol. The normalized spacial score (nSPS) is 11.5. The second-order valence-electron chi connectivity index (χ2n) is 4.90. The van der Waals surface area contributed by atoms with Gasteiger partial charge in [-0.25, -0.2) is 9.48 Å². The summed E-state index contributed by atoms with van der Waals surface area (Å²) < 4.78 is 40.1. The fraction of sp³-hybridized carbons (Fsp3) is 0.385. The zero-order valence-electron chi connectivity index (χ0n) is 12.6. The minimum absolute atomic E-state index is 0.103. The van der Waals surface area contributed by atoms with Crippen LogP contribution >= 0.6 is 0 Å². The lowest BCUT2D eigenvalue weighted by Gasteiger charge is -2.06. The lowest BCUT2D eigenvalue weighted by molar-refractivity contribution is -0.147. The molecule has 0 atom stereocenters. The molecule has 8 nitrogen and oxygen atoms in total. The Morgan fingerprint density at radius 1 is 1.29 bits per heavy atom. The van der Waals surface area contributed by atoms with E-state index in [9.17, 15) is 27.6 Å². The van der Waals surface area contributed by atoms with E-state index in [1.165, 1.54) is 22.9 Å². The summed E-state index contributed by atoms with van der Waals surface area (Å²) in [5.41, 5.74) is -1.29. The molecule has 11 heteroatoms. The first-order chi connectivity index (χ1) is 11.2. The molecule has 0 aliphatic rings. The third-order valence-electron chi connectivity index (χ3n) is 3.15. The van der Waals surface area contributed by atoms with Crippen molar-refractivity contribution in [2.24, 2.45) is 7.05 Å². The van der Waals surface area contributed by atoms with Crippen LogP contribution in [0, 0.1) is 0 Å². The Morgan fingerprint density at radius 2 is 2.00 bits per heavy atom. The summed E-state index contributed by atoms with van der Waals surface area (Å²) in [6.07, 6.45) is -3.31. The molecular formula is C13H14F3N5O3. The second-order valence-corrected chi connectivity index (χ2v) is 4.90. The van der Waals surface area contributed by atoms with E-state index < -0.39 is 23.6 Å². The van der Waals surface area contributed by atoms with Gasteiger partial charge in [-0.1, -0.05) is 6.07 Å². The van der Waals surface area contributed by atoms with Crippen molar-refractivity contribution in [3.8, 4) is 0 Å². The molecule has 0 spiro atoms. The number of hydrogen-bond acceptors (Lipinski definition) is 4. The molecule has 0 fully saturated rings. The maximum absolute atomic E-state index is 12.6. The summed E-state index contributed by atoms with van der Waals surface area (Å²) >= 11 is 0. The van der Waals surface area contributed by atoms with Crippen molar-refractivity contribution in [2.45, 2.75) is 19.3 Å². The molecule has 2 aromatic heterocycles. The quantitative estimate of drug-likeness (QED) is 0.797. The van der Waals surface area contributed by atoms with Crippen molar-refractivity contribution in [3.63, 3.8) is 0 Å². The van der Waals surface area contributed by atoms with Crippen LogP contribution in [0.2, 0.25) is 0 Å². The van der Waals surface area contributed by atoms with Crippen LogP contribution in [-0.2, 0) is 31.1 Å². The Hall–Kier alpha value is -2.85. The first kappa shape index (κ1) is 17.5. The van der Waals surface area contributed by atoms with Gasteiger partial charge < -0.3 is 9.88 Å². The number of pyridine rings is 1. The highest BCUT2D eigenvalue weighted by molar-refractivity contribution is 5.75. The largest absolute Gasteiger partial charge is 0.451 e. The smallest absolute Gasteiger partial charge is 0.353 e. The van der Waals surface area contributed by atoms with Gasteiger partial charge in [-0.2, -0.15) is 13.2 Å². The summed E-state index contributed by atoms with van der Waals surface area (Å²) in [6.45, 7) is -0.558. The fourth-order valence-electron chi connectivity index (χ4n) is 1.98. The van der Waals surface area contributed by atoms with E-state index in [-0.39, 0.29) is 25.2 Å². The van der Waals surface area contributed by atoms with Crippen molar-refractivity contribution < 1.29 is 18.0 Å². The van der Waals surface area contributed by atoms with Crippen molar-refractivity contribution in [3.05, 3.63) is 51.1 Å². The summed E-state index contributed by atoms with van der Waals surface area (Å²) in [5, 5.41) is 5.62. The minimum atomic E-state index is -4.74. The van der Waals surface area contributed by atoms with E-state index in [4.69, 9.17) is 0 Å². The van der Waals surface area contributed by atoms with Crippen LogP contribution in [0.4, 0.5) is 13.2 Å². The molecule has 2 heterocycles. The highest BCUT2D eigenvalue weighted by atomic mass is 19.4. The molecule has 2 aromatic rings. The van der Waals surface area contributed by atoms with Crippen molar-refractivity contribution in [1.82, 2.24) is 24.2 Å². The van der Waals surface area contributed by atoms with Gasteiger partial charge in [0.2, 0.25) is 11.7 Å². The Morgan fingerprint density at radius 3 is 2.58 bits per heavy atom. The Kier molecular flexibility index (Phi) is 4.90. The van der Waals surface area contributed by atoms with Crippen LogP contribution in [0.15, 0.2) is 34.0 Å². The predicted molar refractivity (Wildman–Crippen MR) is 76.2 cm³/mol. The average Bonchev–Trinajstić information content (AvgIpc) is 2.78. The summed E-state index contributed by atoms with van der Waals surface area (Å²) in [6, 6.07) is 4.41. The average molecular weight is 345 g/mol. The zero-order chi connectivity index (χ0) is 17.9. The highest BCUT2D eigenvalue weighted by Gasteiger charge is 2.37. The van der Waals surface area contributed by atoms with Crippen LogP contribution in [0.3, 0.4) is 0 Å². The lowest BCUT2D eigenvalue weighted by Crippen LogP contribution is -2.35. The van der Waals surface area contributed by atoms with Gasteiger partial charge in [0.25, 0.3) is 5.56 Å². The zero-order valence-corrected chi connectivity index (χ0v) is 12.6. The third-order valence-corrected chi connectivity index (χ3v) is 3.15. The van der Waals surface area contributed by atoms with Gasteiger partial charge in [0, 0.05) is 25.9 Å². The van der Waals surface area contributed by atoms with Crippen molar-refractivity contribution >= 4 is 5.91 Å². The van der Waals surface area contributed by atoms with E-state index in [1.807, 2.05) is 0 Å². The number of nitrogens with one attached hydrogen (secondary N) is 1. The number of halogens is 3. The Labute approximate surface area is 133 Å². The van der Waals surface area contributed by atoms with Gasteiger partial charge >= 0.3 is 11.9 Å². The number of alkyl halides is 3. The maximum Gasteiger partial charge on any atom is 0.451 e. The molecule has 1 amide bonds. The lowest BCUT2D eigenvalue weighted by atomic mass is 10.4. The first-order valence-electron chi connectivity index (χ1n) is 6.83. The third kappa shape index (κ3) is 3.91. The molecule has 0 aliphatic carbocycles. The Balaban J connectivity index is 1.95. The highest BCUT2D eigenvalue weighted by Crippen LogP contribution is 2.25. The maximum atomic E-state index is 12.6. The molecule has 0 radical (unpaired) electrons. The van der Waals surface area contributed by atoms with E-state index in [0.717, 1.165) is 7.05 Å². The van der Waals surface area contributed by atoms with Gasteiger partial charge in [-0.3, -0.25) is 14.2 Å². The van der Waals surface area contributed by atoms with E-state index in [0.29, 0.717) is 9.25 Å². The Bertz CT molecular complexity index is 850. The van der Waals surface area contributed by atoms with Gasteiger partial charge in [-0.15, -0.1) is 5.10 Å². The van der Waals surface area contributed by atoms with Crippen LogP contribution in [-0.4, -0.2) is 31.4 Å². The topological polar surface area (TPSA) is 90.9 Å². The van der Waals surface area contributed by atoms with Crippen LogP contribution in [0.25, 0.3) is 0 Å². The van der Waals surface area contributed by atoms with Gasteiger partial charge in [0.05, 0.1) is 6.54 Å². The molecule has 130 valence electrons. The molecule has 24 heavy (non-hydrogen) atoms. The first-order valence-corrected chi connectivity index (χ1v) is 6.83. The van der Waals surface area contributed by atoms with E-state index in [1.54, 1.807) is 6.07 Å². The number of rotatable bonds is 5. The molecule has 0 aliphatic heterocycles. The molecule has 0 bridgehead atoms. The molecule has 1 N–H and O–H groups in total. The van der Waals surface area contributed by atoms with Crippen molar-refractivity contribution in [1.29, 1.82) is 0 Å². The summed E-state index contributed by atoms with van der Waals surface area (Å²) in [4.78, 5) is 34.8. The van der Waals surface area contributed by atoms with E-state index in [2.05, 4.69) is 10.4 Å². The standard InChI is InChI=1S/C13H14F3N5O3/c1-19-11(13(14,15)16)18-21(12(19)24)7-5-17-9(22)8-20-6-3-2-4-10(20)23/h2-4,6H,5,7-8H2,1H3,(H,17,22). The SMILES string of the molecule is Cn1c(C(F)(F)F)nn(CCNC(=O)Cn2ccccc2=O)c1=O. The van der Waals surface area contributed by atoms with Crippen LogP contribution < -0.4 is 16.6 Å². The van der Waals surface area contributed by atoms with Crippen LogP contribution in [0.1, 0.15) is 5.82 Å². The number of carbonyl (C=O) groups is 1. The number of amides is 1. The fourth-order valence-corrected chi connectivity index (χ4v) is 1.98. The number of aromatic nitrogens is 4. The molecule has 0 saturated carbocycles. The second kappa shape index (κ2) is 6.72. The molecule has 2 rings (SSSR count). The molecule has 0 unspecified atom stereocenters. The van der Waals surface area contributed by atoms with Crippen molar-refractivity contribution in [2.75, 3.05) is 6.54 Å². The monoisotopic (exact) mass is 345 g/mol. The van der Waals surface area contributed by atoms with Gasteiger partial charge in [-0.05, 0) is 6.07 Å². The van der Waals surface area contributed by atoms with Crippen LogP contribution in [0.5, 0.6) is 0 Å². The van der Waals surface area contributed by atoms with Gasteiger partial charge in [0.1, 0.15) is 6.54 Å². The summed E-state index contributed by atoms with van der Waals surface area (Å²) in [7, 11) is 0.967. The van der Waals surface area contributed by atoms with E-state index >= 15 is 0 Å². The number of carbonyl (C=O) groups excluding carboxylic acids is 1. The summed E-state index contributed by atoms with van der Waals surface area (Å²) in [5.74, 6) is -1.82. The minimum Gasteiger partial charge on any atom is -0.353 e.